The van der Waals surface area contributed by atoms with Crippen LogP contribution < -0.4 is 15.8 Å². The van der Waals surface area contributed by atoms with Crippen LogP contribution in [0.5, 0.6) is 5.75 Å². The molecule has 0 aliphatic carbocycles. The van der Waals surface area contributed by atoms with Gasteiger partial charge in [0, 0.05) is 18.9 Å². The van der Waals surface area contributed by atoms with Gasteiger partial charge >= 0.3 is 12.1 Å². The molecule has 9 heteroatoms. The summed E-state index contributed by atoms with van der Waals surface area (Å²) in [5, 5.41) is 2.40. The smallest absolute Gasteiger partial charge is 0.416 e. The number of carbonyl (C=O) groups is 3. The zero-order valence-corrected chi connectivity index (χ0v) is 14.7. The molecule has 2 rings (SSSR count). The second kappa shape index (κ2) is 8.55. The summed E-state index contributed by atoms with van der Waals surface area (Å²) in [7, 11) is 0. The average molecular weight is 394 g/mol. The number of primary amides is 1. The van der Waals surface area contributed by atoms with Crippen LogP contribution in [0.3, 0.4) is 0 Å². The van der Waals surface area contributed by atoms with E-state index in [1.165, 1.54) is 43.3 Å². The quantitative estimate of drug-likeness (QED) is 0.581. The van der Waals surface area contributed by atoms with Gasteiger partial charge in [-0.3, -0.25) is 14.4 Å². The lowest BCUT2D eigenvalue weighted by Gasteiger charge is -2.17. The molecule has 0 saturated heterocycles. The van der Waals surface area contributed by atoms with Crippen molar-refractivity contribution in [2.75, 3.05) is 0 Å². The highest BCUT2D eigenvalue weighted by Crippen LogP contribution is 2.29. The Kier molecular flexibility index (Phi) is 6.40. The molecule has 0 aliphatic rings. The zero-order chi connectivity index (χ0) is 20.9. The number of hydrogen-bond donors (Lipinski definition) is 2. The molecule has 2 amide bonds. The minimum absolute atomic E-state index is 0.159. The van der Waals surface area contributed by atoms with Gasteiger partial charge in [-0.2, -0.15) is 13.2 Å². The number of carbonyl (C=O) groups excluding carboxylic acids is 3. The molecule has 3 N–H and O–H groups in total. The minimum Gasteiger partial charge on any atom is -0.427 e. The van der Waals surface area contributed by atoms with Crippen LogP contribution in [0.15, 0.2) is 48.5 Å². The number of alkyl halides is 3. The summed E-state index contributed by atoms with van der Waals surface area (Å²) in [6.45, 7) is 1.23. The van der Waals surface area contributed by atoms with Crippen LogP contribution in [0.4, 0.5) is 13.2 Å². The van der Waals surface area contributed by atoms with Crippen molar-refractivity contribution in [3.63, 3.8) is 0 Å². The van der Waals surface area contributed by atoms with Gasteiger partial charge in [0.2, 0.25) is 5.91 Å². The largest absolute Gasteiger partial charge is 0.427 e. The Labute approximate surface area is 158 Å². The lowest BCUT2D eigenvalue weighted by Crippen LogP contribution is -2.45. The summed E-state index contributed by atoms with van der Waals surface area (Å²) in [5.41, 5.74) is 4.78. The molecule has 0 unspecified atom stereocenters. The Morgan fingerprint density at radius 2 is 1.75 bits per heavy atom. The summed E-state index contributed by atoms with van der Waals surface area (Å²) >= 11 is 0. The number of amides is 2. The molecule has 148 valence electrons. The van der Waals surface area contributed by atoms with Crippen molar-refractivity contribution in [2.45, 2.75) is 25.6 Å². The first-order chi connectivity index (χ1) is 13.1. The number of hydrogen-bond acceptors (Lipinski definition) is 4. The number of nitrogens with two attached hydrogens (primary N) is 1. The molecule has 6 nitrogen and oxygen atoms in total. The van der Waals surface area contributed by atoms with E-state index in [0.29, 0.717) is 0 Å². The molecule has 0 aromatic heterocycles. The van der Waals surface area contributed by atoms with Gasteiger partial charge in [-0.25, -0.2) is 0 Å². The van der Waals surface area contributed by atoms with Crippen LogP contribution in [0, 0.1) is 0 Å². The van der Waals surface area contributed by atoms with E-state index in [9.17, 15) is 27.6 Å². The molecule has 0 fully saturated rings. The Hall–Kier alpha value is -3.36. The third-order valence-electron chi connectivity index (χ3n) is 3.72. The first kappa shape index (κ1) is 20.9. The summed E-state index contributed by atoms with van der Waals surface area (Å²) in [6, 6.07) is 8.75. The fraction of sp³-hybridized carbons (Fsp3) is 0.211. The van der Waals surface area contributed by atoms with E-state index in [-0.39, 0.29) is 23.3 Å². The van der Waals surface area contributed by atoms with E-state index >= 15 is 0 Å². The summed E-state index contributed by atoms with van der Waals surface area (Å²) in [6.07, 6.45) is -4.72. The molecule has 2 aromatic carbocycles. The molecule has 1 atom stereocenters. The monoisotopic (exact) mass is 394 g/mol. The van der Waals surface area contributed by atoms with Crippen molar-refractivity contribution in [2.24, 2.45) is 5.73 Å². The van der Waals surface area contributed by atoms with Crippen molar-refractivity contribution < 1.29 is 32.3 Å². The molecule has 28 heavy (non-hydrogen) atoms. The van der Waals surface area contributed by atoms with E-state index in [1.807, 2.05) is 0 Å². The molecule has 0 spiro atoms. The highest BCUT2D eigenvalue weighted by Gasteiger charge is 2.30. The van der Waals surface area contributed by atoms with Crippen molar-refractivity contribution >= 4 is 17.8 Å². The van der Waals surface area contributed by atoms with Gasteiger partial charge in [0.05, 0.1) is 5.56 Å². The Morgan fingerprint density at radius 3 is 2.29 bits per heavy atom. The number of ether oxygens (including phenoxy) is 1. The van der Waals surface area contributed by atoms with Gasteiger partial charge < -0.3 is 15.8 Å². The van der Waals surface area contributed by atoms with Crippen LogP contribution in [0.1, 0.15) is 28.4 Å². The average Bonchev–Trinajstić information content (AvgIpc) is 2.60. The lowest BCUT2D eigenvalue weighted by molar-refractivity contribution is -0.137. The maximum Gasteiger partial charge on any atom is 0.416 e. The van der Waals surface area contributed by atoms with Gasteiger partial charge in [0.25, 0.3) is 5.91 Å². The van der Waals surface area contributed by atoms with Gasteiger partial charge in [-0.1, -0.05) is 18.2 Å². The SMILES string of the molecule is CC(=O)Oc1ccc(C(=O)N[C@@H](Cc2cccc(C(F)(F)F)c2)C(N)=O)cc1. The Balaban J connectivity index is 2.11. The Bertz CT molecular complexity index is 879. The molecule has 0 radical (unpaired) electrons. The van der Waals surface area contributed by atoms with Crippen LogP contribution >= 0.6 is 0 Å². The van der Waals surface area contributed by atoms with Crippen LogP contribution in [0.25, 0.3) is 0 Å². The second-order valence-corrected chi connectivity index (χ2v) is 5.95. The van der Waals surface area contributed by atoms with Gasteiger partial charge in [0.15, 0.2) is 0 Å². The standard InChI is InChI=1S/C19H17F3N2O4/c1-11(25)28-15-7-5-13(6-8-15)18(27)24-16(17(23)26)10-12-3-2-4-14(9-12)19(20,21)22/h2-9,16H,10H2,1H3,(H2,23,26)(H,24,27)/t16-/m0/s1. The predicted octanol–water partition coefficient (Wildman–Crippen LogP) is 2.46. The van der Waals surface area contributed by atoms with Crippen LogP contribution in [-0.4, -0.2) is 23.8 Å². The van der Waals surface area contributed by atoms with Crippen LogP contribution in [0.2, 0.25) is 0 Å². The van der Waals surface area contributed by atoms with Crippen molar-refractivity contribution in [1.29, 1.82) is 0 Å². The molecule has 0 aliphatic heterocycles. The highest BCUT2D eigenvalue weighted by atomic mass is 19.4. The fourth-order valence-electron chi connectivity index (χ4n) is 2.41. The van der Waals surface area contributed by atoms with Gasteiger partial charge in [0.1, 0.15) is 11.8 Å². The first-order valence-electron chi connectivity index (χ1n) is 8.11. The van der Waals surface area contributed by atoms with Gasteiger partial charge in [-0.15, -0.1) is 0 Å². The molecular formula is C19H17F3N2O4. The molecule has 0 bridgehead atoms. The number of nitrogens with one attached hydrogen (secondary N) is 1. The van der Waals surface area contributed by atoms with E-state index < -0.39 is 35.6 Å². The minimum atomic E-state index is -4.52. The summed E-state index contributed by atoms with van der Waals surface area (Å²) in [4.78, 5) is 34.8. The van der Waals surface area contributed by atoms with E-state index in [2.05, 4.69) is 5.32 Å². The zero-order valence-electron chi connectivity index (χ0n) is 14.7. The lowest BCUT2D eigenvalue weighted by atomic mass is 10.0. The van der Waals surface area contributed by atoms with Gasteiger partial charge in [-0.05, 0) is 35.9 Å². The normalized spacial score (nSPS) is 12.1. The number of rotatable bonds is 6. The van der Waals surface area contributed by atoms with E-state index in [4.69, 9.17) is 10.5 Å². The number of esters is 1. The van der Waals surface area contributed by atoms with Crippen molar-refractivity contribution in [3.05, 3.63) is 65.2 Å². The topological polar surface area (TPSA) is 98.5 Å². The third-order valence-corrected chi connectivity index (χ3v) is 3.72. The Morgan fingerprint density at radius 1 is 1.11 bits per heavy atom. The number of benzene rings is 2. The van der Waals surface area contributed by atoms with E-state index in [1.54, 1.807) is 0 Å². The fourth-order valence-corrected chi connectivity index (χ4v) is 2.41. The maximum atomic E-state index is 12.8. The van der Waals surface area contributed by atoms with Crippen molar-refractivity contribution in [1.82, 2.24) is 5.32 Å². The summed E-state index contributed by atoms with van der Waals surface area (Å²) in [5.74, 6) is -1.82. The molecular weight excluding hydrogens is 377 g/mol. The number of halogens is 3. The predicted molar refractivity (Wildman–Crippen MR) is 93.3 cm³/mol. The third kappa shape index (κ3) is 5.83. The van der Waals surface area contributed by atoms with Crippen LogP contribution in [-0.2, 0) is 22.2 Å². The van der Waals surface area contributed by atoms with Crippen molar-refractivity contribution in [3.8, 4) is 5.75 Å². The molecule has 2 aromatic rings. The maximum absolute atomic E-state index is 12.8. The first-order valence-corrected chi connectivity index (χ1v) is 8.11. The molecule has 0 saturated carbocycles. The summed E-state index contributed by atoms with van der Waals surface area (Å²) < 4.78 is 43.3. The molecule has 0 heterocycles. The highest BCUT2D eigenvalue weighted by molar-refractivity contribution is 5.97. The van der Waals surface area contributed by atoms with E-state index in [0.717, 1.165) is 12.1 Å². The second-order valence-electron chi connectivity index (χ2n) is 5.95.